The third kappa shape index (κ3) is 4.08. The highest BCUT2D eigenvalue weighted by molar-refractivity contribution is 6.30. The molecule has 0 bridgehead atoms. The average Bonchev–Trinajstić information content (AvgIpc) is 2.58. The Labute approximate surface area is 139 Å². The predicted octanol–water partition coefficient (Wildman–Crippen LogP) is 5.05. The molecule has 3 aromatic rings. The van der Waals surface area contributed by atoms with Crippen LogP contribution in [0.3, 0.4) is 0 Å². The summed E-state index contributed by atoms with van der Waals surface area (Å²) < 4.78 is 0. The molecule has 4 nitrogen and oxygen atoms in total. The van der Waals surface area contributed by atoms with Gasteiger partial charge in [-0.15, -0.1) is 0 Å². The lowest BCUT2D eigenvalue weighted by molar-refractivity contribution is 0.262. The standard InChI is InChI=1S/C18H14ClN3O/c19-15-3-7-17(8-4-15)22-18(23)21-16-5-1-13(2-6-16)14-9-11-20-12-10-14/h1-12H,(H2,21,22,23). The van der Waals surface area contributed by atoms with Crippen LogP contribution in [0.5, 0.6) is 0 Å². The lowest BCUT2D eigenvalue weighted by atomic mass is 10.1. The van der Waals surface area contributed by atoms with E-state index in [1.165, 1.54) is 0 Å². The zero-order valence-electron chi connectivity index (χ0n) is 12.2. The molecule has 0 atom stereocenters. The first-order valence-electron chi connectivity index (χ1n) is 7.05. The van der Waals surface area contributed by atoms with Crippen molar-refractivity contribution >= 4 is 29.0 Å². The number of nitrogens with one attached hydrogen (secondary N) is 2. The number of carbonyl (C=O) groups excluding carboxylic acids is 1. The van der Waals surface area contributed by atoms with E-state index in [4.69, 9.17) is 11.6 Å². The second-order valence-electron chi connectivity index (χ2n) is 4.90. The molecule has 0 fully saturated rings. The van der Waals surface area contributed by atoms with E-state index in [-0.39, 0.29) is 6.03 Å². The summed E-state index contributed by atoms with van der Waals surface area (Å²) in [6.45, 7) is 0. The highest BCUT2D eigenvalue weighted by Gasteiger charge is 2.03. The number of hydrogen-bond donors (Lipinski definition) is 2. The summed E-state index contributed by atoms with van der Waals surface area (Å²) in [6.07, 6.45) is 3.50. The van der Waals surface area contributed by atoms with E-state index < -0.39 is 0 Å². The molecule has 1 aromatic heterocycles. The van der Waals surface area contributed by atoms with E-state index in [9.17, 15) is 4.79 Å². The summed E-state index contributed by atoms with van der Waals surface area (Å²) in [6, 6.07) is 18.1. The number of halogens is 1. The molecule has 2 amide bonds. The molecular formula is C18H14ClN3O. The summed E-state index contributed by atoms with van der Waals surface area (Å²) in [5, 5.41) is 6.16. The van der Waals surface area contributed by atoms with Gasteiger partial charge in [0.15, 0.2) is 0 Å². The fraction of sp³-hybridized carbons (Fsp3) is 0. The molecule has 0 radical (unpaired) electrons. The summed E-state index contributed by atoms with van der Waals surface area (Å²) in [5.41, 5.74) is 3.54. The van der Waals surface area contributed by atoms with Gasteiger partial charge in [0.05, 0.1) is 0 Å². The molecule has 0 aliphatic rings. The largest absolute Gasteiger partial charge is 0.323 e. The van der Waals surface area contributed by atoms with Crippen LogP contribution in [0.2, 0.25) is 5.02 Å². The van der Waals surface area contributed by atoms with Gasteiger partial charge in [0.1, 0.15) is 0 Å². The molecule has 2 aromatic carbocycles. The molecule has 3 rings (SSSR count). The number of rotatable bonds is 3. The van der Waals surface area contributed by atoms with E-state index in [1.807, 2.05) is 36.4 Å². The van der Waals surface area contributed by atoms with Crippen molar-refractivity contribution in [3.8, 4) is 11.1 Å². The van der Waals surface area contributed by atoms with Gasteiger partial charge in [-0.3, -0.25) is 4.98 Å². The maximum atomic E-state index is 12.0. The lowest BCUT2D eigenvalue weighted by Crippen LogP contribution is -2.19. The average molecular weight is 324 g/mol. The van der Waals surface area contributed by atoms with Gasteiger partial charge in [-0.1, -0.05) is 23.7 Å². The summed E-state index contributed by atoms with van der Waals surface area (Å²) in [5.74, 6) is 0. The fourth-order valence-electron chi connectivity index (χ4n) is 2.12. The summed E-state index contributed by atoms with van der Waals surface area (Å²) in [7, 11) is 0. The summed E-state index contributed by atoms with van der Waals surface area (Å²) in [4.78, 5) is 16.0. The molecule has 1 heterocycles. The van der Waals surface area contributed by atoms with Gasteiger partial charge in [-0.2, -0.15) is 0 Å². The van der Waals surface area contributed by atoms with Gasteiger partial charge in [0, 0.05) is 28.8 Å². The predicted molar refractivity (Wildman–Crippen MR) is 93.8 cm³/mol. The van der Waals surface area contributed by atoms with E-state index in [2.05, 4.69) is 15.6 Å². The second-order valence-corrected chi connectivity index (χ2v) is 5.34. The number of pyridine rings is 1. The van der Waals surface area contributed by atoms with Gasteiger partial charge in [-0.25, -0.2) is 4.79 Å². The maximum absolute atomic E-state index is 12.0. The molecule has 114 valence electrons. The molecule has 0 spiro atoms. The van der Waals surface area contributed by atoms with E-state index >= 15 is 0 Å². The Kier molecular flexibility index (Phi) is 4.54. The fourth-order valence-corrected chi connectivity index (χ4v) is 2.24. The van der Waals surface area contributed by atoms with Crippen molar-refractivity contribution in [2.75, 3.05) is 10.6 Å². The summed E-state index contributed by atoms with van der Waals surface area (Å²) >= 11 is 5.81. The molecule has 2 N–H and O–H groups in total. The SMILES string of the molecule is O=C(Nc1ccc(Cl)cc1)Nc1ccc(-c2ccncc2)cc1. The first kappa shape index (κ1) is 15.1. The Hall–Kier alpha value is -2.85. The highest BCUT2D eigenvalue weighted by atomic mass is 35.5. The van der Waals surface area contributed by atoms with Gasteiger partial charge in [0.2, 0.25) is 0 Å². The number of aromatic nitrogens is 1. The molecule has 5 heteroatoms. The third-order valence-electron chi connectivity index (χ3n) is 3.26. The van der Waals surface area contributed by atoms with Crippen LogP contribution in [0, 0.1) is 0 Å². The number of carbonyl (C=O) groups is 1. The zero-order chi connectivity index (χ0) is 16.1. The van der Waals surface area contributed by atoms with Crippen LogP contribution in [0.25, 0.3) is 11.1 Å². The minimum absolute atomic E-state index is 0.302. The van der Waals surface area contributed by atoms with Crippen LogP contribution in [-0.4, -0.2) is 11.0 Å². The first-order chi connectivity index (χ1) is 11.2. The van der Waals surface area contributed by atoms with Crippen molar-refractivity contribution < 1.29 is 4.79 Å². The molecule has 0 saturated heterocycles. The van der Waals surface area contributed by atoms with Crippen molar-refractivity contribution in [2.24, 2.45) is 0 Å². The minimum atomic E-state index is -0.302. The number of benzene rings is 2. The topological polar surface area (TPSA) is 54.0 Å². The van der Waals surface area contributed by atoms with Crippen LogP contribution < -0.4 is 10.6 Å². The third-order valence-corrected chi connectivity index (χ3v) is 3.51. The van der Waals surface area contributed by atoms with E-state index in [0.29, 0.717) is 16.4 Å². The van der Waals surface area contributed by atoms with Gasteiger partial charge in [0.25, 0.3) is 0 Å². The minimum Gasteiger partial charge on any atom is -0.308 e. The Bertz CT molecular complexity index is 787. The Morgan fingerprint density at radius 1 is 0.739 bits per heavy atom. The normalized spacial score (nSPS) is 10.1. The molecule has 0 saturated carbocycles. The Balaban J connectivity index is 1.64. The number of hydrogen-bond acceptors (Lipinski definition) is 2. The lowest BCUT2D eigenvalue weighted by Gasteiger charge is -2.08. The van der Waals surface area contributed by atoms with Crippen LogP contribution in [-0.2, 0) is 0 Å². The molecule has 0 aliphatic carbocycles. The van der Waals surface area contributed by atoms with Crippen LogP contribution >= 0.6 is 11.6 Å². The van der Waals surface area contributed by atoms with Crippen molar-refractivity contribution in [3.63, 3.8) is 0 Å². The van der Waals surface area contributed by atoms with Gasteiger partial charge in [-0.05, 0) is 59.7 Å². The molecule has 0 unspecified atom stereocenters. The Morgan fingerprint density at radius 3 is 1.78 bits per heavy atom. The van der Waals surface area contributed by atoms with Crippen LogP contribution in [0.15, 0.2) is 73.1 Å². The van der Waals surface area contributed by atoms with E-state index in [1.54, 1.807) is 36.7 Å². The monoisotopic (exact) mass is 323 g/mol. The van der Waals surface area contributed by atoms with Crippen molar-refractivity contribution in [1.82, 2.24) is 4.98 Å². The number of nitrogens with zero attached hydrogens (tertiary/aromatic N) is 1. The molecular weight excluding hydrogens is 310 g/mol. The number of amides is 2. The van der Waals surface area contributed by atoms with Crippen LogP contribution in [0.4, 0.5) is 16.2 Å². The second kappa shape index (κ2) is 6.94. The van der Waals surface area contributed by atoms with Crippen LogP contribution in [0.1, 0.15) is 0 Å². The van der Waals surface area contributed by atoms with Gasteiger partial charge >= 0.3 is 6.03 Å². The first-order valence-corrected chi connectivity index (χ1v) is 7.42. The molecule has 0 aliphatic heterocycles. The number of urea groups is 1. The van der Waals surface area contributed by atoms with Crippen molar-refractivity contribution in [2.45, 2.75) is 0 Å². The maximum Gasteiger partial charge on any atom is 0.323 e. The zero-order valence-corrected chi connectivity index (χ0v) is 12.9. The quantitative estimate of drug-likeness (QED) is 0.709. The van der Waals surface area contributed by atoms with Crippen molar-refractivity contribution in [1.29, 1.82) is 0 Å². The number of anilines is 2. The highest BCUT2D eigenvalue weighted by Crippen LogP contribution is 2.20. The Morgan fingerprint density at radius 2 is 1.22 bits per heavy atom. The van der Waals surface area contributed by atoms with E-state index in [0.717, 1.165) is 11.1 Å². The molecule has 23 heavy (non-hydrogen) atoms. The van der Waals surface area contributed by atoms with Gasteiger partial charge < -0.3 is 10.6 Å². The smallest absolute Gasteiger partial charge is 0.308 e. The van der Waals surface area contributed by atoms with Crippen molar-refractivity contribution in [3.05, 3.63) is 78.1 Å².